The maximum Gasteiger partial charge on any atom is 0.323 e. The number of hydrogen-bond acceptors (Lipinski definition) is 5. The first-order chi connectivity index (χ1) is 17.0. The lowest BCUT2D eigenvalue weighted by molar-refractivity contribution is -0.142. The van der Waals surface area contributed by atoms with Crippen molar-refractivity contribution in [1.29, 1.82) is 0 Å². The molecule has 1 aliphatic carbocycles. The van der Waals surface area contributed by atoms with Crippen molar-refractivity contribution in [2.24, 2.45) is 0 Å². The van der Waals surface area contributed by atoms with E-state index in [1.54, 1.807) is 24.3 Å². The van der Waals surface area contributed by atoms with Gasteiger partial charge in [-0.1, -0.05) is 25.0 Å². The summed E-state index contributed by atoms with van der Waals surface area (Å²) in [5.41, 5.74) is 1.51. The summed E-state index contributed by atoms with van der Waals surface area (Å²) in [6.07, 6.45) is 3.86. The Morgan fingerprint density at radius 2 is 1.89 bits per heavy atom. The number of para-hydroxylation sites is 1. The summed E-state index contributed by atoms with van der Waals surface area (Å²) in [5.74, 6) is 0.0271. The van der Waals surface area contributed by atoms with Crippen molar-refractivity contribution >= 4 is 23.3 Å². The van der Waals surface area contributed by atoms with Crippen LogP contribution in [-0.2, 0) is 9.53 Å². The van der Waals surface area contributed by atoms with Crippen molar-refractivity contribution in [3.8, 4) is 5.75 Å². The zero-order valence-corrected chi connectivity index (χ0v) is 19.3. The second-order valence-electron chi connectivity index (χ2n) is 9.47. The van der Waals surface area contributed by atoms with Gasteiger partial charge in [0.05, 0.1) is 24.8 Å². The Bertz CT molecular complexity index is 1090. The molecule has 3 amide bonds. The smallest absolute Gasteiger partial charge is 0.323 e. The zero-order chi connectivity index (χ0) is 24.4. The molecule has 0 spiro atoms. The van der Waals surface area contributed by atoms with Crippen LogP contribution in [0.15, 0.2) is 42.5 Å². The number of aliphatic hydroxyl groups excluding tert-OH is 1. The Kier molecular flexibility index (Phi) is 6.88. The first-order valence-corrected chi connectivity index (χ1v) is 12.2. The maximum atomic E-state index is 13.8. The molecule has 5 rings (SSSR count). The van der Waals surface area contributed by atoms with E-state index in [0.717, 1.165) is 31.2 Å². The summed E-state index contributed by atoms with van der Waals surface area (Å²) in [4.78, 5) is 25.0. The number of carbonyl (C=O) groups excluding carboxylic acids is 2. The van der Waals surface area contributed by atoms with Gasteiger partial charge in [0.2, 0.25) is 5.91 Å². The number of ether oxygens (including phenoxy) is 2. The van der Waals surface area contributed by atoms with E-state index in [1.165, 1.54) is 12.1 Å². The summed E-state index contributed by atoms with van der Waals surface area (Å²) >= 11 is 0. The van der Waals surface area contributed by atoms with E-state index in [1.807, 2.05) is 6.07 Å². The average molecular weight is 484 g/mol. The minimum atomic E-state index is -0.563. The van der Waals surface area contributed by atoms with Crippen molar-refractivity contribution in [3.05, 3.63) is 53.8 Å². The van der Waals surface area contributed by atoms with Crippen LogP contribution in [0.4, 0.5) is 20.6 Å². The summed E-state index contributed by atoms with van der Waals surface area (Å²) in [6.45, 7) is -0.216. The highest BCUT2D eigenvalue weighted by molar-refractivity contribution is 5.99. The third kappa shape index (κ3) is 5.26. The quantitative estimate of drug-likeness (QED) is 0.498. The number of nitrogens with one attached hydrogen (secondary N) is 3. The number of rotatable bonds is 6. The average Bonchev–Trinajstić information content (AvgIpc) is 3.47. The molecule has 9 heteroatoms. The number of halogens is 1. The van der Waals surface area contributed by atoms with Crippen LogP contribution < -0.4 is 20.7 Å². The molecule has 35 heavy (non-hydrogen) atoms. The summed E-state index contributed by atoms with van der Waals surface area (Å²) in [6, 6.07) is 10.9. The topological polar surface area (TPSA) is 109 Å². The highest BCUT2D eigenvalue weighted by Gasteiger charge is 2.46. The number of fused-ring (bicyclic) bond motifs is 3. The molecule has 1 saturated carbocycles. The predicted octanol–water partition coefficient (Wildman–Crippen LogP) is 3.91. The van der Waals surface area contributed by atoms with Crippen molar-refractivity contribution in [2.45, 2.75) is 68.8 Å². The molecule has 8 nitrogen and oxygen atoms in total. The molecule has 3 aliphatic rings. The van der Waals surface area contributed by atoms with E-state index in [-0.39, 0.29) is 48.8 Å². The van der Waals surface area contributed by atoms with Crippen LogP contribution in [0.25, 0.3) is 0 Å². The molecule has 186 valence electrons. The van der Waals surface area contributed by atoms with Crippen molar-refractivity contribution in [1.82, 2.24) is 5.32 Å². The van der Waals surface area contributed by atoms with Crippen LogP contribution in [0.2, 0.25) is 0 Å². The Balaban J connectivity index is 1.26. The monoisotopic (exact) mass is 483 g/mol. The fourth-order valence-corrected chi connectivity index (χ4v) is 5.38. The Morgan fingerprint density at radius 1 is 1.09 bits per heavy atom. The standard InChI is InChI=1S/C26H30FN3O5/c27-20-7-3-4-8-21(20)30-26(33)29-16-9-10-22-18(11-16)19-12-17(34-23(14-31)25(19)35-22)13-24(32)28-15-5-1-2-6-15/h3-4,7-11,15,17,19,23,25,31H,1-2,5-6,12-14H2,(H,28,32)(H2,29,30,33)/t17-,19+,23-,25-/m1/s1. The van der Waals surface area contributed by atoms with Crippen LogP contribution in [-0.4, -0.2) is 48.0 Å². The molecule has 0 aromatic heterocycles. The number of anilines is 2. The van der Waals surface area contributed by atoms with E-state index < -0.39 is 18.0 Å². The van der Waals surface area contributed by atoms with Crippen molar-refractivity contribution in [2.75, 3.05) is 17.2 Å². The lowest BCUT2D eigenvalue weighted by Crippen LogP contribution is -2.47. The van der Waals surface area contributed by atoms with E-state index in [0.29, 0.717) is 17.9 Å². The van der Waals surface area contributed by atoms with Gasteiger partial charge < -0.3 is 30.5 Å². The lowest BCUT2D eigenvalue weighted by Gasteiger charge is -2.37. The van der Waals surface area contributed by atoms with Gasteiger partial charge in [-0.15, -0.1) is 0 Å². The van der Waals surface area contributed by atoms with Gasteiger partial charge in [-0.3, -0.25) is 4.79 Å². The van der Waals surface area contributed by atoms with Crippen LogP contribution in [0.1, 0.15) is 50.0 Å². The molecule has 1 saturated heterocycles. The predicted molar refractivity (Wildman–Crippen MR) is 128 cm³/mol. The van der Waals surface area contributed by atoms with Crippen molar-refractivity contribution < 1.29 is 28.6 Å². The fraction of sp³-hybridized carbons (Fsp3) is 0.462. The summed E-state index contributed by atoms with van der Waals surface area (Å²) < 4.78 is 26.0. The summed E-state index contributed by atoms with van der Waals surface area (Å²) in [7, 11) is 0. The first-order valence-electron chi connectivity index (χ1n) is 12.2. The molecular formula is C26H30FN3O5. The van der Waals surface area contributed by atoms with Gasteiger partial charge in [-0.05, 0) is 49.6 Å². The number of benzene rings is 2. The van der Waals surface area contributed by atoms with Gasteiger partial charge in [0.25, 0.3) is 0 Å². The second kappa shape index (κ2) is 10.2. The highest BCUT2D eigenvalue weighted by Crippen LogP contribution is 2.47. The molecule has 4 atom stereocenters. The van der Waals surface area contributed by atoms with Gasteiger partial charge in [-0.25, -0.2) is 9.18 Å². The number of aliphatic hydroxyl groups is 1. The van der Waals surface area contributed by atoms with Gasteiger partial charge in [0, 0.05) is 23.2 Å². The Morgan fingerprint density at radius 3 is 2.66 bits per heavy atom. The molecular weight excluding hydrogens is 453 g/mol. The van der Waals surface area contributed by atoms with Crippen LogP contribution in [0.5, 0.6) is 5.75 Å². The zero-order valence-electron chi connectivity index (χ0n) is 19.3. The molecule has 2 fully saturated rings. The Labute approximate surface area is 203 Å². The first kappa shape index (κ1) is 23.6. The molecule has 2 heterocycles. The lowest BCUT2D eigenvalue weighted by atomic mass is 9.84. The number of hydrogen-bond donors (Lipinski definition) is 4. The second-order valence-corrected chi connectivity index (χ2v) is 9.47. The van der Waals surface area contributed by atoms with Crippen LogP contribution >= 0.6 is 0 Å². The number of urea groups is 1. The van der Waals surface area contributed by atoms with E-state index >= 15 is 0 Å². The number of carbonyl (C=O) groups is 2. The number of amides is 3. The molecule has 2 aliphatic heterocycles. The molecule has 2 aromatic rings. The normalized spacial score (nSPS) is 25.3. The van der Waals surface area contributed by atoms with Gasteiger partial charge in [0.1, 0.15) is 23.8 Å². The third-order valence-corrected chi connectivity index (χ3v) is 7.01. The summed E-state index contributed by atoms with van der Waals surface area (Å²) in [5, 5.41) is 18.3. The van der Waals surface area contributed by atoms with Gasteiger partial charge in [-0.2, -0.15) is 0 Å². The molecule has 0 unspecified atom stereocenters. The minimum Gasteiger partial charge on any atom is -0.487 e. The van der Waals surface area contributed by atoms with E-state index in [9.17, 15) is 19.1 Å². The highest BCUT2D eigenvalue weighted by atomic mass is 19.1. The fourth-order valence-electron chi connectivity index (χ4n) is 5.38. The molecule has 0 radical (unpaired) electrons. The third-order valence-electron chi connectivity index (χ3n) is 7.01. The Hall–Kier alpha value is -3.17. The van der Waals surface area contributed by atoms with Crippen molar-refractivity contribution in [3.63, 3.8) is 0 Å². The largest absolute Gasteiger partial charge is 0.487 e. The van der Waals surface area contributed by atoms with Crippen LogP contribution in [0, 0.1) is 5.82 Å². The van der Waals surface area contributed by atoms with E-state index in [4.69, 9.17) is 9.47 Å². The minimum absolute atomic E-state index is 0.0311. The molecule has 0 bridgehead atoms. The van der Waals surface area contributed by atoms with Gasteiger partial charge >= 0.3 is 6.03 Å². The maximum absolute atomic E-state index is 13.8. The SMILES string of the molecule is O=C(C[C@H]1C[C@H]2c3cc(NC(=O)Nc4ccccc4F)ccc3O[C@H]2[C@@H](CO)O1)NC1CCCC1. The van der Waals surface area contributed by atoms with E-state index in [2.05, 4.69) is 16.0 Å². The van der Waals surface area contributed by atoms with Crippen LogP contribution in [0.3, 0.4) is 0 Å². The molecule has 2 aromatic carbocycles. The molecule has 4 N–H and O–H groups in total. The van der Waals surface area contributed by atoms with Gasteiger partial charge in [0.15, 0.2) is 0 Å².